The molecule has 2 aromatic carbocycles. The highest BCUT2D eigenvalue weighted by molar-refractivity contribution is 5.93. The van der Waals surface area contributed by atoms with E-state index in [2.05, 4.69) is 73.8 Å². The minimum atomic E-state index is 0.576. The lowest BCUT2D eigenvalue weighted by atomic mass is 10.1. The van der Waals surface area contributed by atoms with Gasteiger partial charge in [0.25, 0.3) is 0 Å². The standard InChI is InChI=1S/C20H22N6/c1-14-7-6-10-17-15(2)23-20(24-18(14)17)25-19-21-12-26(13-22-19)11-16-8-4-3-5-9-16/h3-10H,11-13H2,1-2H3,(H2,21,22,23,24,25). The van der Waals surface area contributed by atoms with Crippen LogP contribution in [0.4, 0.5) is 5.95 Å². The van der Waals surface area contributed by atoms with Crippen molar-refractivity contribution in [3.05, 3.63) is 65.4 Å². The van der Waals surface area contributed by atoms with E-state index in [1.54, 1.807) is 0 Å². The monoisotopic (exact) mass is 346 g/mol. The summed E-state index contributed by atoms with van der Waals surface area (Å²) in [5.41, 5.74) is 4.36. The Bertz CT molecular complexity index is 951. The van der Waals surface area contributed by atoms with Gasteiger partial charge in [0.2, 0.25) is 11.9 Å². The summed E-state index contributed by atoms with van der Waals surface area (Å²) in [5.74, 6) is 1.29. The Morgan fingerprint density at radius 2 is 1.88 bits per heavy atom. The number of hydrogen-bond acceptors (Lipinski definition) is 6. The van der Waals surface area contributed by atoms with Gasteiger partial charge in [-0.05, 0) is 25.0 Å². The normalized spacial score (nSPS) is 14.8. The predicted molar refractivity (Wildman–Crippen MR) is 105 cm³/mol. The van der Waals surface area contributed by atoms with Gasteiger partial charge in [-0.3, -0.25) is 10.2 Å². The molecule has 0 radical (unpaired) electrons. The van der Waals surface area contributed by atoms with Gasteiger partial charge in [0, 0.05) is 11.9 Å². The second kappa shape index (κ2) is 7.09. The minimum Gasteiger partial charge on any atom is -0.343 e. The number of anilines is 1. The molecule has 0 atom stereocenters. The number of aliphatic imine (C=N–C) groups is 1. The minimum absolute atomic E-state index is 0.576. The van der Waals surface area contributed by atoms with E-state index < -0.39 is 0 Å². The summed E-state index contributed by atoms with van der Waals surface area (Å²) < 4.78 is 0. The third kappa shape index (κ3) is 3.50. The summed E-state index contributed by atoms with van der Waals surface area (Å²) in [7, 11) is 0. The lowest BCUT2D eigenvalue weighted by Crippen LogP contribution is -2.45. The molecule has 0 amide bonds. The van der Waals surface area contributed by atoms with E-state index >= 15 is 0 Å². The van der Waals surface area contributed by atoms with Crippen molar-refractivity contribution >= 4 is 22.8 Å². The SMILES string of the molecule is Cc1nc(NC2=NCN(Cc3ccccc3)CN2)nc2c(C)cccc12. The Morgan fingerprint density at radius 1 is 1.04 bits per heavy atom. The van der Waals surface area contributed by atoms with Crippen LogP contribution in [0.1, 0.15) is 16.8 Å². The smallest absolute Gasteiger partial charge is 0.230 e. The van der Waals surface area contributed by atoms with Crippen LogP contribution in [0.15, 0.2) is 53.5 Å². The summed E-state index contributed by atoms with van der Waals surface area (Å²) in [6, 6.07) is 16.6. The van der Waals surface area contributed by atoms with Crippen LogP contribution in [0, 0.1) is 13.8 Å². The van der Waals surface area contributed by atoms with Crippen molar-refractivity contribution in [2.24, 2.45) is 4.99 Å². The number of benzene rings is 2. The van der Waals surface area contributed by atoms with Crippen LogP contribution in [-0.2, 0) is 6.54 Å². The van der Waals surface area contributed by atoms with E-state index in [0.717, 1.165) is 35.4 Å². The molecule has 2 N–H and O–H groups in total. The Kier molecular flexibility index (Phi) is 4.50. The Balaban J connectivity index is 1.47. The van der Waals surface area contributed by atoms with Gasteiger partial charge in [0.1, 0.15) is 0 Å². The fourth-order valence-electron chi connectivity index (χ4n) is 3.11. The topological polar surface area (TPSA) is 65.4 Å². The summed E-state index contributed by atoms with van der Waals surface area (Å²) in [4.78, 5) is 16.0. The molecule has 4 rings (SSSR count). The van der Waals surface area contributed by atoms with Crippen LogP contribution >= 0.6 is 0 Å². The van der Waals surface area contributed by atoms with Crippen molar-refractivity contribution in [2.75, 3.05) is 18.7 Å². The number of hydrogen-bond donors (Lipinski definition) is 2. The van der Waals surface area contributed by atoms with Crippen LogP contribution in [-0.4, -0.2) is 34.2 Å². The van der Waals surface area contributed by atoms with Crippen molar-refractivity contribution in [1.29, 1.82) is 0 Å². The summed E-state index contributed by atoms with van der Waals surface area (Å²) in [6.45, 7) is 6.31. The Hall–Kier alpha value is -2.99. The number of nitrogens with zero attached hydrogens (tertiary/aromatic N) is 4. The summed E-state index contributed by atoms with van der Waals surface area (Å²) >= 11 is 0. The molecule has 1 aliphatic rings. The molecule has 2 heterocycles. The first-order chi connectivity index (χ1) is 12.7. The van der Waals surface area contributed by atoms with Crippen molar-refractivity contribution < 1.29 is 0 Å². The molecule has 26 heavy (non-hydrogen) atoms. The average molecular weight is 346 g/mol. The molecular formula is C20H22N6. The van der Waals surface area contributed by atoms with Gasteiger partial charge in [-0.2, -0.15) is 0 Å². The third-order valence-electron chi connectivity index (χ3n) is 4.50. The van der Waals surface area contributed by atoms with E-state index in [1.165, 1.54) is 5.56 Å². The molecule has 0 saturated heterocycles. The van der Waals surface area contributed by atoms with E-state index in [1.807, 2.05) is 19.1 Å². The van der Waals surface area contributed by atoms with Crippen LogP contribution in [0.3, 0.4) is 0 Å². The van der Waals surface area contributed by atoms with E-state index in [0.29, 0.717) is 18.6 Å². The zero-order valence-corrected chi connectivity index (χ0v) is 15.0. The molecule has 0 bridgehead atoms. The maximum Gasteiger partial charge on any atom is 0.230 e. The van der Waals surface area contributed by atoms with Crippen molar-refractivity contribution in [3.8, 4) is 0 Å². The number of guanidine groups is 1. The molecule has 0 spiro atoms. The number of aryl methyl sites for hydroxylation is 2. The van der Waals surface area contributed by atoms with Crippen LogP contribution < -0.4 is 10.6 Å². The quantitative estimate of drug-likeness (QED) is 0.763. The summed E-state index contributed by atoms with van der Waals surface area (Å²) in [5, 5.41) is 7.61. The van der Waals surface area contributed by atoms with Gasteiger partial charge in [-0.15, -0.1) is 0 Å². The van der Waals surface area contributed by atoms with Crippen molar-refractivity contribution in [3.63, 3.8) is 0 Å². The van der Waals surface area contributed by atoms with Gasteiger partial charge < -0.3 is 5.32 Å². The molecular weight excluding hydrogens is 324 g/mol. The Labute approximate surface area is 153 Å². The first-order valence-corrected chi connectivity index (χ1v) is 8.74. The van der Waals surface area contributed by atoms with Crippen LogP contribution in [0.5, 0.6) is 0 Å². The second-order valence-corrected chi connectivity index (χ2v) is 6.53. The molecule has 1 aromatic heterocycles. The molecule has 0 aliphatic carbocycles. The molecule has 0 unspecified atom stereocenters. The fourth-order valence-corrected chi connectivity index (χ4v) is 3.11. The molecule has 0 saturated carbocycles. The number of rotatable bonds is 3. The maximum absolute atomic E-state index is 4.66. The largest absolute Gasteiger partial charge is 0.343 e. The van der Waals surface area contributed by atoms with E-state index in [-0.39, 0.29) is 0 Å². The number of para-hydroxylation sites is 1. The molecule has 132 valence electrons. The predicted octanol–water partition coefficient (Wildman–Crippen LogP) is 3.03. The molecule has 1 aliphatic heterocycles. The van der Waals surface area contributed by atoms with Crippen molar-refractivity contribution in [2.45, 2.75) is 20.4 Å². The van der Waals surface area contributed by atoms with Gasteiger partial charge in [0.05, 0.1) is 24.5 Å². The first-order valence-electron chi connectivity index (χ1n) is 8.74. The lowest BCUT2D eigenvalue weighted by molar-refractivity contribution is 0.256. The number of fused-ring (bicyclic) bond motifs is 1. The molecule has 6 nitrogen and oxygen atoms in total. The zero-order chi connectivity index (χ0) is 17.9. The Morgan fingerprint density at radius 3 is 2.65 bits per heavy atom. The fraction of sp³-hybridized carbons (Fsp3) is 0.250. The van der Waals surface area contributed by atoms with Gasteiger partial charge in [0.15, 0.2) is 0 Å². The van der Waals surface area contributed by atoms with Gasteiger partial charge in [-0.1, -0.05) is 48.5 Å². The highest BCUT2D eigenvalue weighted by Gasteiger charge is 2.14. The first kappa shape index (κ1) is 16.5. The highest BCUT2D eigenvalue weighted by Crippen LogP contribution is 2.20. The van der Waals surface area contributed by atoms with Crippen LogP contribution in [0.25, 0.3) is 10.9 Å². The molecule has 0 fully saturated rings. The number of aromatic nitrogens is 2. The van der Waals surface area contributed by atoms with Gasteiger partial charge in [-0.25, -0.2) is 15.0 Å². The number of nitrogens with one attached hydrogen (secondary N) is 2. The van der Waals surface area contributed by atoms with Crippen molar-refractivity contribution in [1.82, 2.24) is 20.2 Å². The second-order valence-electron chi connectivity index (χ2n) is 6.53. The average Bonchev–Trinajstić information content (AvgIpc) is 2.65. The van der Waals surface area contributed by atoms with E-state index in [4.69, 9.17) is 0 Å². The zero-order valence-electron chi connectivity index (χ0n) is 15.0. The van der Waals surface area contributed by atoms with Gasteiger partial charge >= 0.3 is 0 Å². The third-order valence-corrected chi connectivity index (χ3v) is 4.50. The van der Waals surface area contributed by atoms with Crippen LogP contribution in [0.2, 0.25) is 0 Å². The lowest BCUT2D eigenvalue weighted by Gasteiger charge is -2.26. The molecule has 6 heteroatoms. The molecule has 3 aromatic rings. The van der Waals surface area contributed by atoms with E-state index in [9.17, 15) is 0 Å². The maximum atomic E-state index is 4.66. The highest BCUT2D eigenvalue weighted by atomic mass is 15.4. The summed E-state index contributed by atoms with van der Waals surface area (Å²) in [6.07, 6.45) is 0.